The van der Waals surface area contributed by atoms with Crippen LogP contribution < -0.4 is 5.73 Å². The molecule has 0 aliphatic carbocycles. The molecule has 0 fully saturated rings. The molecule has 4 nitrogen and oxygen atoms in total. The molecule has 3 aromatic rings. The van der Waals surface area contributed by atoms with E-state index in [0.717, 1.165) is 16.8 Å². The number of nitrogens with zero attached hydrogens (tertiary/aromatic N) is 3. The van der Waals surface area contributed by atoms with Gasteiger partial charge in [-0.2, -0.15) is 9.36 Å². The Morgan fingerprint density at radius 3 is 2.56 bits per heavy atom. The molecule has 0 unspecified atom stereocenters. The van der Waals surface area contributed by atoms with Crippen molar-refractivity contribution in [2.24, 2.45) is 0 Å². The number of anilines is 1. The van der Waals surface area contributed by atoms with E-state index in [9.17, 15) is 0 Å². The molecular formula is C13H10N4S. The van der Waals surface area contributed by atoms with Crippen molar-refractivity contribution < 1.29 is 0 Å². The van der Waals surface area contributed by atoms with Crippen LogP contribution in [0, 0.1) is 0 Å². The first-order valence-corrected chi connectivity index (χ1v) is 6.22. The minimum absolute atomic E-state index is 0.453. The maximum atomic E-state index is 5.62. The van der Waals surface area contributed by atoms with Crippen LogP contribution in [0.15, 0.2) is 48.7 Å². The number of aromatic nitrogens is 3. The smallest absolute Gasteiger partial charge is 0.200 e. The highest BCUT2D eigenvalue weighted by atomic mass is 32.1. The first-order chi connectivity index (χ1) is 8.84. The highest BCUT2D eigenvalue weighted by molar-refractivity contribution is 7.09. The van der Waals surface area contributed by atoms with E-state index in [0.29, 0.717) is 11.0 Å². The minimum Gasteiger partial charge on any atom is -0.374 e. The van der Waals surface area contributed by atoms with E-state index in [1.165, 1.54) is 11.5 Å². The Hall–Kier alpha value is -2.27. The van der Waals surface area contributed by atoms with Crippen molar-refractivity contribution in [3.63, 3.8) is 0 Å². The zero-order valence-corrected chi connectivity index (χ0v) is 10.3. The number of pyridine rings is 1. The first-order valence-electron chi connectivity index (χ1n) is 5.44. The second-order valence-corrected chi connectivity index (χ2v) is 4.51. The molecule has 88 valence electrons. The van der Waals surface area contributed by atoms with Gasteiger partial charge in [0.05, 0.1) is 0 Å². The summed E-state index contributed by atoms with van der Waals surface area (Å²) >= 11 is 1.18. The Morgan fingerprint density at radius 1 is 1.00 bits per heavy atom. The maximum Gasteiger partial charge on any atom is 0.200 e. The van der Waals surface area contributed by atoms with Crippen molar-refractivity contribution in [3.05, 3.63) is 48.7 Å². The molecule has 3 rings (SSSR count). The van der Waals surface area contributed by atoms with Gasteiger partial charge in [-0.1, -0.05) is 36.4 Å². The fourth-order valence-corrected chi connectivity index (χ4v) is 2.20. The quantitative estimate of drug-likeness (QED) is 0.763. The Balaban J connectivity index is 2.17. The topological polar surface area (TPSA) is 64.7 Å². The van der Waals surface area contributed by atoms with E-state index in [1.54, 1.807) is 6.20 Å². The van der Waals surface area contributed by atoms with Gasteiger partial charge in [0.1, 0.15) is 5.69 Å². The fourth-order valence-electron chi connectivity index (χ4n) is 1.77. The average Bonchev–Trinajstić information content (AvgIpc) is 2.86. The lowest BCUT2D eigenvalue weighted by atomic mass is 10.0. The van der Waals surface area contributed by atoms with Gasteiger partial charge in [0.2, 0.25) is 0 Å². The monoisotopic (exact) mass is 254 g/mol. The van der Waals surface area contributed by atoms with E-state index in [2.05, 4.69) is 14.3 Å². The largest absolute Gasteiger partial charge is 0.374 e. The third kappa shape index (κ3) is 1.96. The summed E-state index contributed by atoms with van der Waals surface area (Å²) in [5.41, 5.74) is 8.48. The van der Waals surface area contributed by atoms with Crippen LogP contribution in [-0.4, -0.2) is 14.3 Å². The SMILES string of the molecule is Nc1nc(-c2ncccc2-c2ccccc2)ns1. The molecule has 18 heavy (non-hydrogen) atoms. The zero-order chi connectivity index (χ0) is 12.4. The molecule has 0 spiro atoms. The van der Waals surface area contributed by atoms with Crippen LogP contribution >= 0.6 is 11.5 Å². The van der Waals surface area contributed by atoms with E-state index in [1.807, 2.05) is 42.5 Å². The molecule has 5 heteroatoms. The van der Waals surface area contributed by atoms with Crippen LogP contribution in [0.25, 0.3) is 22.6 Å². The zero-order valence-electron chi connectivity index (χ0n) is 9.45. The highest BCUT2D eigenvalue weighted by Gasteiger charge is 2.12. The molecular weight excluding hydrogens is 244 g/mol. The molecule has 2 N–H and O–H groups in total. The van der Waals surface area contributed by atoms with Gasteiger partial charge < -0.3 is 5.73 Å². The number of nitrogens with two attached hydrogens (primary N) is 1. The Labute approximate surface area is 108 Å². The predicted octanol–water partition coefficient (Wildman–Crippen LogP) is 2.85. The van der Waals surface area contributed by atoms with Crippen molar-refractivity contribution in [3.8, 4) is 22.6 Å². The van der Waals surface area contributed by atoms with Crippen LogP contribution in [-0.2, 0) is 0 Å². The van der Waals surface area contributed by atoms with Crippen molar-refractivity contribution >= 4 is 16.7 Å². The van der Waals surface area contributed by atoms with E-state index >= 15 is 0 Å². The molecule has 0 bridgehead atoms. The van der Waals surface area contributed by atoms with Crippen molar-refractivity contribution in [2.45, 2.75) is 0 Å². The molecule has 1 aromatic carbocycles. The molecule has 0 saturated carbocycles. The minimum atomic E-state index is 0.453. The standard InChI is InChI=1S/C13H10N4S/c14-13-16-12(17-18-13)11-10(7-4-8-15-11)9-5-2-1-3-6-9/h1-8H,(H2,14,16,17). The van der Waals surface area contributed by atoms with Crippen LogP contribution in [0.4, 0.5) is 5.13 Å². The summed E-state index contributed by atoms with van der Waals surface area (Å²) in [5.74, 6) is 0.581. The number of benzene rings is 1. The second-order valence-electron chi connectivity index (χ2n) is 3.72. The first kappa shape index (κ1) is 10.9. The fraction of sp³-hybridized carbons (Fsp3) is 0. The summed E-state index contributed by atoms with van der Waals surface area (Å²) in [4.78, 5) is 8.55. The van der Waals surface area contributed by atoms with Crippen LogP contribution in [0.2, 0.25) is 0 Å². The van der Waals surface area contributed by atoms with Gasteiger partial charge in [-0.05, 0) is 11.6 Å². The van der Waals surface area contributed by atoms with Gasteiger partial charge in [0.25, 0.3) is 0 Å². The third-order valence-corrected chi connectivity index (χ3v) is 3.09. The molecule has 0 aliphatic heterocycles. The Bertz CT molecular complexity index is 664. The second kappa shape index (κ2) is 4.54. The predicted molar refractivity (Wildman–Crippen MR) is 73.0 cm³/mol. The third-order valence-electron chi connectivity index (χ3n) is 2.55. The van der Waals surface area contributed by atoms with E-state index in [-0.39, 0.29) is 0 Å². The summed E-state index contributed by atoms with van der Waals surface area (Å²) < 4.78 is 4.22. The van der Waals surface area contributed by atoms with Crippen LogP contribution in [0.5, 0.6) is 0 Å². The summed E-state index contributed by atoms with van der Waals surface area (Å²) in [6, 6.07) is 14.0. The number of hydrogen-bond donors (Lipinski definition) is 1. The van der Waals surface area contributed by atoms with Gasteiger partial charge in [-0.15, -0.1) is 0 Å². The number of rotatable bonds is 2. The molecule has 0 saturated heterocycles. The Kier molecular flexibility index (Phi) is 2.74. The van der Waals surface area contributed by atoms with Crippen LogP contribution in [0.3, 0.4) is 0 Å². The maximum absolute atomic E-state index is 5.62. The molecule has 0 amide bonds. The van der Waals surface area contributed by atoms with Gasteiger partial charge in [0, 0.05) is 23.3 Å². The summed E-state index contributed by atoms with van der Waals surface area (Å²) in [5, 5.41) is 0.453. The van der Waals surface area contributed by atoms with Crippen LogP contribution in [0.1, 0.15) is 0 Å². The number of hydrogen-bond acceptors (Lipinski definition) is 5. The lowest BCUT2D eigenvalue weighted by molar-refractivity contribution is 1.24. The van der Waals surface area contributed by atoms with Gasteiger partial charge >= 0.3 is 0 Å². The van der Waals surface area contributed by atoms with Crippen molar-refractivity contribution in [2.75, 3.05) is 5.73 Å². The van der Waals surface area contributed by atoms with Crippen molar-refractivity contribution in [1.29, 1.82) is 0 Å². The molecule has 0 radical (unpaired) electrons. The Morgan fingerprint density at radius 2 is 1.83 bits per heavy atom. The molecule has 0 atom stereocenters. The number of nitrogen functional groups attached to an aromatic ring is 1. The lowest BCUT2D eigenvalue weighted by Gasteiger charge is -2.05. The summed E-state index contributed by atoms with van der Waals surface area (Å²) in [6.07, 6.45) is 1.74. The van der Waals surface area contributed by atoms with Crippen molar-refractivity contribution in [1.82, 2.24) is 14.3 Å². The van der Waals surface area contributed by atoms with E-state index in [4.69, 9.17) is 5.73 Å². The highest BCUT2D eigenvalue weighted by Crippen LogP contribution is 2.29. The van der Waals surface area contributed by atoms with Gasteiger partial charge in [-0.25, -0.2) is 0 Å². The lowest BCUT2D eigenvalue weighted by Crippen LogP contribution is -1.91. The normalized spacial score (nSPS) is 10.4. The molecule has 2 heterocycles. The van der Waals surface area contributed by atoms with Gasteiger partial charge in [0.15, 0.2) is 11.0 Å². The molecule has 2 aromatic heterocycles. The average molecular weight is 254 g/mol. The van der Waals surface area contributed by atoms with E-state index < -0.39 is 0 Å². The van der Waals surface area contributed by atoms with Gasteiger partial charge in [-0.3, -0.25) is 4.98 Å². The summed E-state index contributed by atoms with van der Waals surface area (Å²) in [6.45, 7) is 0. The molecule has 0 aliphatic rings. The summed E-state index contributed by atoms with van der Waals surface area (Å²) in [7, 11) is 0.